The van der Waals surface area contributed by atoms with E-state index in [4.69, 9.17) is 0 Å². The van der Waals surface area contributed by atoms with E-state index in [2.05, 4.69) is 38.0 Å². The summed E-state index contributed by atoms with van der Waals surface area (Å²) in [5, 5.41) is 3.76. The molecule has 0 aromatic rings. The fraction of sp³-hybridized carbons (Fsp3) is 1.00. The van der Waals surface area contributed by atoms with Crippen molar-refractivity contribution in [2.24, 2.45) is 5.92 Å². The van der Waals surface area contributed by atoms with Crippen molar-refractivity contribution in [3.63, 3.8) is 0 Å². The van der Waals surface area contributed by atoms with Gasteiger partial charge in [-0.05, 0) is 45.8 Å². The van der Waals surface area contributed by atoms with Gasteiger partial charge in [0.15, 0.2) is 0 Å². The third kappa shape index (κ3) is 3.58. The van der Waals surface area contributed by atoms with E-state index in [-0.39, 0.29) is 0 Å². The van der Waals surface area contributed by atoms with Crippen LogP contribution in [0, 0.1) is 5.92 Å². The van der Waals surface area contributed by atoms with Crippen molar-refractivity contribution in [2.75, 3.05) is 20.1 Å². The van der Waals surface area contributed by atoms with Crippen molar-refractivity contribution in [1.29, 1.82) is 0 Å². The summed E-state index contributed by atoms with van der Waals surface area (Å²) in [6, 6.07) is 1.43. The van der Waals surface area contributed by atoms with Crippen LogP contribution in [-0.2, 0) is 0 Å². The van der Waals surface area contributed by atoms with Crippen LogP contribution in [0.2, 0.25) is 0 Å². The highest BCUT2D eigenvalue weighted by Gasteiger charge is 2.19. The lowest BCUT2D eigenvalue weighted by molar-refractivity contribution is 0.214. The summed E-state index contributed by atoms with van der Waals surface area (Å²) in [6.45, 7) is 9.45. The number of hydrogen-bond donors (Lipinski definition) is 1. The Hall–Kier alpha value is -0.0800. The van der Waals surface area contributed by atoms with Gasteiger partial charge in [-0.3, -0.25) is 0 Å². The topological polar surface area (TPSA) is 15.3 Å². The molecule has 0 aliphatic carbocycles. The maximum atomic E-state index is 3.76. The Bertz CT molecular complexity index is 150. The number of rotatable bonds is 4. The molecular formula is C12H26N2. The van der Waals surface area contributed by atoms with E-state index >= 15 is 0 Å². The van der Waals surface area contributed by atoms with E-state index in [0.717, 1.165) is 12.0 Å². The highest BCUT2D eigenvalue weighted by Crippen LogP contribution is 2.13. The van der Waals surface area contributed by atoms with Crippen LogP contribution in [0.1, 0.15) is 40.0 Å². The van der Waals surface area contributed by atoms with Gasteiger partial charge in [0, 0.05) is 12.1 Å². The van der Waals surface area contributed by atoms with Crippen LogP contribution in [0.5, 0.6) is 0 Å². The van der Waals surface area contributed by atoms with Gasteiger partial charge in [0.2, 0.25) is 0 Å². The van der Waals surface area contributed by atoms with Gasteiger partial charge in [0.1, 0.15) is 0 Å². The van der Waals surface area contributed by atoms with Crippen LogP contribution in [0.15, 0.2) is 0 Å². The maximum Gasteiger partial charge on any atom is 0.00939 e. The zero-order valence-corrected chi connectivity index (χ0v) is 10.2. The van der Waals surface area contributed by atoms with Gasteiger partial charge in [-0.15, -0.1) is 0 Å². The molecule has 1 N–H and O–H groups in total. The first-order valence-corrected chi connectivity index (χ1v) is 6.08. The average Bonchev–Trinajstić information content (AvgIpc) is 2.20. The standard InChI is InChI=1S/C12H26N2/c1-5-10(2)11(3)13-12-6-8-14(4)9-7-12/h10-13H,5-9H2,1-4H3/t10-,11-/m0/s1. The Kier molecular flexibility index (Phi) is 4.90. The van der Waals surface area contributed by atoms with Crippen LogP contribution in [0.25, 0.3) is 0 Å². The molecule has 0 amide bonds. The Balaban J connectivity index is 2.23. The smallest absolute Gasteiger partial charge is 0.00939 e. The molecule has 1 rings (SSSR count). The second-order valence-electron chi connectivity index (χ2n) is 4.92. The van der Waals surface area contributed by atoms with Gasteiger partial charge in [0.05, 0.1) is 0 Å². The molecule has 0 radical (unpaired) electrons. The second kappa shape index (κ2) is 5.72. The first-order chi connectivity index (χ1) is 6.63. The number of nitrogens with one attached hydrogen (secondary N) is 1. The van der Waals surface area contributed by atoms with E-state index in [1.54, 1.807) is 0 Å². The molecule has 0 spiro atoms. The molecule has 14 heavy (non-hydrogen) atoms. The van der Waals surface area contributed by atoms with Gasteiger partial charge < -0.3 is 10.2 Å². The molecule has 1 aliphatic rings. The molecule has 2 nitrogen and oxygen atoms in total. The quantitative estimate of drug-likeness (QED) is 0.744. The van der Waals surface area contributed by atoms with E-state index < -0.39 is 0 Å². The minimum atomic E-state index is 0.674. The lowest BCUT2D eigenvalue weighted by atomic mass is 9.97. The number of nitrogens with zero attached hydrogens (tertiary/aromatic N) is 1. The second-order valence-corrected chi connectivity index (χ2v) is 4.92. The van der Waals surface area contributed by atoms with E-state index in [0.29, 0.717) is 6.04 Å². The predicted molar refractivity (Wildman–Crippen MR) is 62.6 cm³/mol. The van der Waals surface area contributed by atoms with Crippen LogP contribution in [0.3, 0.4) is 0 Å². The summed E-state index contributed by atoms with van der Waals surface area (Å²) in [4.78, 5) is 2.42. The monoisotopic (exact) mass is 198 g/mol. The summed E-state index contributed by atoms with van der Waals surface area (Å²) < 4.78 is 0. The molecule has 2 atom stereocenters. The van der Waals surface area contributed by atoms with Crippen LogP contribution >= 0.6 is 0 Å². The molecule has 1 aliphatic heterocycles. The van der Waals surface area contributed by atoms with Gasteiger partial charge in [-0.1, -0.05) is 20.3 Å². The molecule has 1 saturated heterocycles. The van der Waals surface area contributed by atoms with Gasteiger partial charge in [0.25, 0.3) is 0 Å². The van der Waals surface area contributed by atoms with Crippen molar-refractivity contribution in [1.82, 2.24) is 10.2 Å². The van der Waals surface area contributed by atoms with Crippen molar-refractivity contribution < 1.29 is 0 Å². The van der Waals surface area contributed by atoms with Crippen LogP contribution in [-0.4, -0.2) is 37.1 Å². The minimum absolute atomic E-state index is 0.674. The lowest BCUT2D eigenvalue weighted by Crippen LogP contribution is -2.46. The first kappa shape index (κ1) is 12.0. The molecule has 0 bridgehead atoms. The number of piperidine rings is 1. The zero-order chi connectivity index (χ0) is 10.6. The SMILES string of the molecule is CC[C@H](C)[C@H](C)NC1CCN(C)CC1. The van der Waals surface area contributed by atoms with Crippen molar-refractivity contribution in [3.05, 3.63) is 0 Å². The fourth-order valence-electron chi connectivity index (χ4n) is 2.06. The largest absolute Gasteiger partial charge is 0.311 e. The molecule has 2 heteroatoms. The van der Waals surface area contributed by atoms with Gasteiger partial charge >= 0.3 is 0 Å². The normalized spacial score (nSPS) is 24.9. The summed E-state index contributed by atoms with van der Waals surface area (Å²) in [6.07, 6.45) is 3.91. The molecule has 0 unspecified atom stereocenters. The molecule has 1 heterocycles. The molecule has 0 saturated carbocycles. The molecule has 0 aromatic carbocycles. The Labute approximate surface area is 89.1 Å². The third-order valence-corrected chi connectivity index (χ3v) is 3.71. The highest BCUT2D eigenvalue weighted by molar-refractivity contribution is 4.79. The van der Waals surface area contributed by atoms with E-state index in [1.165, 1.54) is 32.4 Å². The lowest BCUT2D eigenvalue weighted by Gasteiger charge is -2.33. The molecule has 1 fully saturated rings. The Morgan fingerprint density at radius 2 is 1.86 bits per heavy atom. The number of hydrogen-bond acceptors (Lipinski definition) is 2. The minimum Gasteiger partial charge on any atom is -0.311 e. The number of likely N-dealkylation sites (tertiary alicyclic amines) is 1. The van der Waals surface area contributed by atoms with Crippen molar-refractivity contribution in [2.45, 2.75) is 52.1 Å². The van der Waals surface area contributed by atoms with Crippen molar-refractivity contribution >= 4 is 0 Å². The highest BCUT2D eigenvalue weighted by atomic mass is 15.1. The summed E-state index contributed by atoms with van der Waals surface area (Å²) in [7, 11) is 2.22. The predicted octanol–water partition coefficient (Wildman–Crippen LogP) is 2.10. The van der Waals surface area contributed by atoms with E-state index in [1.807, 2.05) is 0 Å². The third-order valence-electron chi connectivity index (χ3n) is 3.71. The average molecular weight is 198 g/mol. The fourth-order valence-corrected chi connectivity index (χ4v) is 2.06. The zero-order valence-electron chi connectivity index (χ0n) is 10.2. The van der Waals surface area contributed by atoms with Crippen molar-refractivity contribution in [3.8, 4) is 0 Å². The molecule has 0 aromatic heterocycles. The summed E-state index contributed by atoms with van der Waals surface area (Å²) in [5.74, 6) is 0.801. The Morgan fingerprint density at radius 3 is 2.36 bits per heavy atom. The summed E-state index contributed by atoms with van der Waals surface area (Å²) in [5.41, 5.74) is 0. The maximum absolute atomic E-state index is 3.76. The van der Waals surface area contributed by atoms with Gasteiger partial charge in [-0.2, -0.15) is 0 Å². The Morgan fingerprint density at radius 1 is 1.29 bits per heavy atom. The molecule has 84 valence electrons. The van der Waals surface area contributed by atoms with Gasteiger partial charge in [-0.25, -0.2) is 0 Å². The van der Waals surface area contributed by atoms with E-state index in [9.17, 15) is 0 Å². The van der Waals surface area contributed by atoms with Crippen LogP contribution in [0.4, 0.5) is 0 Å². The molecular weight excluding hydrogens is 172 g/mol. The first-order valence-electron chi connectivity index (χ1n) is 6.08. The summed E-state index contributed by atoms with van der Waals surface area (Å²) >= 11 is 0. The van der Waals surface area contributed by atoms with Crippen LogP contribution < -0.4 is 5.32 Å².